The van der Waals surface area contributed by atoms with Crippen molar-refractivity contribution in [2.75, 3.05) is 13.2 Å². The summed E-state index contributed by atoms with van der Waals surface area (Å²) < 4.78 is 43.8. The minimum absolute atomic E-state index is 0.00351. The van der Waals surface area contributed by atoms with Gasteiger partial charge in [0.2, 0.25) is 5.91 Å². The average molecular weight is 417 g/mol. The Hall–Kier alpha value is -2.65. The van der Waals surface area contributed by atoms with Crippen LogP contribution < -0.4 is 0 Å². The summed E-state index contributed by atoms with van der Waals surface area (Å²) in [5, 5.41) is 11.5. The van der Waals surface area contributed by atoms with E-state index in [0.29, 0.717) is 15.5 Å². The second kappa shape index (κ2) is 9.52. The molecule has 0 fully saturated rings. The summed E-state index contributed by atoms with van der Waals surface area (Å²) >= 11 is 5.96. The molecule has 150 valence electrons. The van der Waals surface area contributed by atoms with Gasteiger partial charge in [0.15, 0.2) is 0 Å². The first-order chi connectivity index (χ1) is 13.2. The van der Waals surface area contributed by atoms with Gasteiger partial charge in [0.05, 0.1) is 18.1 Å². The molecule has 0 spiro atoms. The maximum absolute atomic E-state index is 12.9. The van der Waals surface area contributed by atoms with Crippen LogP contribution in [0.3, 0.4) is 0 Å². The van der Waals surface area contributed by atoms with E-state index in [1.165, 1.54) is 24.3 Å². The molecule has 0 aliphatic carbocycles. The number of alkyl halides is 3. The fraction of sp³-hybridized carbons (Fsp3) is 0.278. The summed E-state index contributed by atoms with van der Waals surface area (Å²) in [5.74, 6) is -0.942. The lowest BCUT2D eigenvalue weighted by Gasteiger charge is -2.24. The van der Waals surface area contributed by atoms with Crippen LogP contribution in [0.4, 0.5) is 18.9 Å². The van der Waals surface area contributed by atoms with E-state index in [2.05, 4.69) is 0 Å². The first-order valence-electron chi connectivity index (χ1n) is 8.05. The van der Waals surface area contributed by atoms with Crippen molar-refractivity contribution in [3.05, 3.63) is 74.8 Å². The van der Waals surface area contributed by atoms with Gasteiger partial charge in [-0.15, -0.1) is 0 Å². The Labute approximate surface area is 163 Å². The van der Waals surface area contributed by atoms with Crippen molar-refractivity contribution in [2.45, 2.75) is 19.3 Å². The predicted octanol–water partition coefficient (Wildman–Crippen LogP) is 4.36. The molecular weight excluding hydrogens is 401 g/mol. The molecule has 2 aromatic rings. The van der Waals surface area contributed by atoms with Crippen molar-refractivity contribution < 1.29 is 27.6 Å². The number of para-hydroxylation sites is 1. The van der Waals surface area contributed by atoms with E-state index in [-0.39, 0.29) is 17.9 Å². The zero-order valence-electron chi connectivity index (χ0n) is 14.5. The lowest BCUT2D eigenvalue weighted by molar-refractivity contribution is -0.385. The molecule has 0 unspecified atom stereocenters. The number of nitro groups is 1. The van der Waals surface area contributed by atoms with Crippen LogP contribution in [0, 0.1) is 10.1 Å². The number of hydrogen-bond acceptors (Lipinski definition) is 4. The van der Waals surface area contributed by atoms with Crippen LogP contribution in [0.25, 0.3) is 0 Å². The quantitative estimate of drug-likeness (QED) is 0.473. The molecule has 0 aliphatic heterocycles. The van der Waals surface area contributed by atoms with Gasteiger partial charge in [0.1, 0.15) is 13.2 Å². The highest BCUT2D eigenvalue weighted by atomic mass is 35.5. The maximum atomic E-state index is 12.9. The van der Waals surface area contributed by atoms with E-state index in [9.17, 15) is 28.1 Å². The minimum Gasteiger partial charge on any atom is -0.367 e. The van der Waals surface area contributed by atoms with E-state index in [1.807, 2.05) is 0 Å². The molecule has 0 saturated carbocycles. The van der Waals surface area contributed by atoms with E-state index >= 15 is 0 Å². The number of carbonyl (C=O) groups is 1. The number of rotatable bonds is 8. The van der Waals surface area contributed by atoms with Crippen LogP contribution in [0.5, 0.6) is 0 Å². The second-order valence-corrected chi connectivity index (χ2v) is 6.24. The van der Waals surface area contributed by atoms with Crippen LogP contribution in [-0.4, -0.2) is 35.1 Å². The lowest BCUT2D eigenvalue weighted by atomic mass is 10.1. The maximum Gasteiger partial charge on any atom is 0.406 e. The van der Waals surface area contributed by atoms with Gasteiger partial charge in [-0.2, -0.15) is 13.2 Å². The summed E-state index contributed by atoms with van der Waals surface area (Å²) in [6.07, 6.45) is -4.66. The molecule has 2 rings (SSSR count). The molecular formula is C18H16ClF3N2O4. The highest BCUT2D eigenvalue weighted by Crippen LogP contribution is 2.23. The monoisotopic (exact) mass is 416 g/mol. The minimum atomic E-state index is -4.66. The van der Waals surface area contributed by atoms with Crippen molar-refractivity contribution in [3.8, 4) is 0 Å². The fourth-order valence-electron chi connectivity index (χ4n) is 2.43. The Kier molecular flexibility index (Phi) is 7.36. The molecule has 0 atom stereocenters. The Morgan fingerprint density at radius 1 is 1.11 bits per heavy atom. The number of nitrogens with zero attached hydrogens (tertiary/aromatic N) is 2. The largest absolute Gasteiger partial charge is 0.406 e. The Balaban J connectivity index is 2.09. The normalized spacial score (nSPS) is 11.3. The van der Waals surface area contributed by atoms with Gasteiger partial charge in [0.25, 0.3) is 5.69 Å². The lowest BCUT2D eigenvalue weighted by Crippen LogP contribution is -2.40. The Bertz CT molecular complexity index is 846. The number of benzene rings is 2. The van der Waals surface area contributed by atoms with Crippen LogP contribution in [0.2, 0.25) is 5.02 Å². The third-order valence-electron chi connectivity index (χ3n) is 3.71. The summed E-state index contributed by atoms with van der Waals surface area (Å²) in [7, 11) is 0. The molecule has 0 saturated heterocycles. The molecule has 0 radical (unpaired) electrons. The smallest absolute Gasteiger partial charge is 0.367 e. The number of nitro benzene ring substituents is 1. The van der Waals surface area contributed by atoms with Crippen molar-refractivity contribution in [3.63, 3.8) is 0 Å². The standard InChI is InChI=1S/C18H16ClF3N2O4/c19-15-7-3-1-6-14(15)10-28-11-17(25)23(12-18(20,21)22)9-13-5-2-4-8-16(13)24(26)27/h1-8H,9-12H2. The van der Waals surface area contributed by atoms with Gasteiger partial charge in [-0.25, -0.2) is 0 Å². The molecule has 0 bridgehead atoms. The van der Waals surface area contributed by atoms with Gasteiger partial charge in [0, 0.05) is 16.7 Å². The van der Waals surface area contributed by atoms with Crippen molar-refractivity contribution in [1.29, 1.82) is 0 Å². The SMILES string of the molecule is O=C(COCc1ccccc1Cl)N(Cc1ccccc1[N+](=O)[O-])CC(F)(F)F. The van der Waals surface area contributed by atoms with Gasteiger partial charge in [-0.05, 0) is 11.6 Å². The number of amides is 1. The molecule has 0 aromatic heterocycles. The van der Waals surface area contributed by atoms with E-state index in [0.717, 1.165) is 0 Å². The van der Waals surface area contributed by atoms with Crippen LogP contribution in [0.1, 0.15) is 11.1 Å². The van der Waals surface area contributed by atoms with Crippen molar-refractivity contribution in [1.82, 2.24) is 4.90 Å². The van der Waals surface area contributed by atoms with Crippen LogP contribution in [0.15, 0.2) is 48.5 Å². The van der Waals surface area contributed by atoms with Crippen LogP contribution in [-0.2, 0) is 22.7 Å². The van der Waals surface area contributed by atoms with E-state index in [1.54, 1.807) is 24.3 Å². The first-order valence-corrected chi connectivity index (χ1v) is 8.43. The zero-order chi connectivity index (χ0) is 20.7. The van der Waals surface area contributed by atoms with Crippen LogP contribution >= 0.6 is 11.6 Å². The van der Waals surface area contributed by atoms with Crippen molar-refractivity contribution in [2.24, 2.45) is 0 Å². The Morgan fingerprint density at radius 2 is 1.71 bits per heavy atom. The first kappa shape index (κ1) is 21.6. The highest BCUT2D eigenvalue weighted by Gasteiger charge is 2.34. The number of carbonyl (C=O) groups excluding carboxylic acids is 1. The molecule has 10 heteroatoms. The van der Waals surface area contributed by atoms with Gasteiger partial charge in [-0.3, -0.25) is 14.9 Å². The number of hydrogen-bond donors (Lipinski definition) is 0. The molecule has 0 aliphatic rings. The summed E-state index contributed by atoms with van der Waals surface area (Å²) in [4.78, 5) is 23.1. The second-order valence-electron chi connectivity index (χ2n) is 5.84. The molecule has 0 N–H and O–H groups in total. The fourth-order valence-corrected chi connectivity index (χ4v) is 2.62. The van der Waals surface area contributed by atoms with Gasteiger partial charge in [-0.1, -0.05) is 48.0 Å². The van der Waals surface area contributed by atoms with Gasteiger partial charge >= 0.3 is 6.18 Å². The average Bonchev–Trinajstić information content (AvgIpc) is 2.62. The summed E-state index contributed by atoms with van der Waals surface area (Å²) in [6, 6.07) is 12.0. The molecule has 6 nitrogen and oxygen atoms in total. The zero-order valence-corrected chi connectivity index (χ0v) is 15.2. The third kappa shape index (κ3) is 6.50. The number of halogens is 4. The molecule has 1 amide bonds. The third-order valence-corrected chi connectivity index (χ3v) is 4.08. The number of ether oxygens (including phenoxy) is 1. The van der Waals surface area contributed by atoms with E-state index < -0.39 is 36.7 Å². The molecule has 0 heterocycles. The summed E-state index contributed by atoms with van der Waals surface area (Å²) in [5.41, 5.74) is 0.216. The van der Waals surface area contributed by atoms with Crippen molar-refractivity contribution >= 4 is 23.2 Å². The van der Waals surface area contributed by atoms with E-state index in [4.69, 9.17) is 16.3 Å². The highest BCUT2D eigenvalue weighted by molar-refractivity contribution is 6.31. The topological polar surface area (TPSA) is 72.7 Å². The molecule has 2 aromatic carbocycles. The molecule has 28 heavy (non-hydrogen) atoms. The van der Waals surface area contributed by atoms with Gasteiger partial charge < -0.3 is 9.64 Å². The predicted molar refractivity (Wildman–Crippen MR) is 95.7 cm³/mol. The summed E-state index contributed by atoms with van der Waals surface area (Å²) in [6.45, 7) is -2.79. The Morgan fingerprint density at radius 3 is 2.32 bits per heavy atom.